The van der Waals surface area contributed by atoms with Gasteiger partial charge in [-0.15, -0.1) is 11.3 Å². The molecule has 0 saturated heterocycles. The number of hydrogen-bond acceptors (Lipinski definition) is 2. The van der Waals surface area contributed by atoms with Crippen LogP contribution in [0.15, 0.2) is 28.1 Å². The molecular formula is C18H24BrNS. The van der Waals surface area contributed by atoms with Gasteiger partial charge in [0.15, 0.2) is 0 Å². The lowest BCUT2D eigenvalue weighted by molar-refractivity contribution is 0.200. The highest BCUT2D eigenvalue weighted by Crippen LogP contribution is 2.50. The maximum absolute atomic E-state index is 3.79. The normalized spacial score (nSPS) is 22.8. The monoisotopic (exact) mass is 365 g/mol. The van der Waals surface area contributed by atoms with Gasteiger partial charge in [-0.2, -0.15) is 0 Å². The first-order valence-corrected chi connectivity index (χ1v) is 9.61. The average Bonchev–Trinajstić information content (AvgIpc) is 3.01. The molecule has 0 amide bonds. The molecule has 1 aromatic heterocycles. The Morgan fingerprint density at radius 1 is 1.43 bits per heavy atom. The van der Waals surface area contributed by atoms with Crippen molar-refractivity contribution < 1.29 is 0 Å². The summed E-state index contributed by atoms with van der Waals surface area (Å²) in [6.45, 7) is 8.14. The zero-order valence-electron chi connectivity index (χ0n) is 13.1. The van der Waals surface area contributed by atoms with Gasteiger partial charge in [-0.1, -0.05) is 39.3 Å². The van der Waals surface area contributed by atoms with Gasteiger partial charge in [0.2, 0.25) is 0 Å². The molecule has 0 radical (unpaired) electrons. The first-order valence-electron chi connectivity index (χ1n) is 7.93. The maximum atomic E-state index is 3.79. The third kappa shape index (κ3) is 2.80. The van der Waals surface area contributed by atoms with Gasteiger partial charge in [-0.25, -0.2) is 0 Å². The van der Waals surface area contributed by atoms with Crippen LogP contribution >= 0.6 is 27.3 Å². The second-order valence-electron chi connectivity index (χ2n) is 6.83. The number of hydrogen-bond donors (Lipinski definition) is 1. The Morgan fingerprint density at radius 3 is 2.90 bits per heavy atom. The maximum Gasteiger partial charge on any atom is 0.0488 e. The minimum atomic E-state index is 0.438. The molecule has 1 aromatic carbocycles. The Labute approximate surface area is 140 Å². The summed E-state index contributed by atoms with van der Waals surface area (Å²) in [5, 5.41) is 7.58. The van der Waals surface area contributed by atoms with E-state index in [2.05, 4.69) is 65.6 Å². The van der Waals surface area contributed by atoms with Crippen molar-refractivity contribution in [3.8, 4) is 0 Å². The Balaban J connectivity index is 2.06. The van der Waals surface area contributed by atoms with Crippen LogP contribution in [-0.2, 0) is 0 Å². The van der Waals surface area contributed by atoms with Crippen LogP contribution in [0.5, 0.6) is 0 Å². The predicted octanol–water partition coefficient (Wildman–Crippen LogP) is 6.14. The van der Waals surface area contributed by atoms with Gasteiger partial charge in [-0.05, 0) is 69.0 Å². The van der Waals surface area contributed by atoms with Gasteiger partial charge in [-0.3, -0.25) is 0 Å². The van der Waals surface area contributed by atoms with Gasteiger partial charge in [0.1, 0.15) is 0 Å². The van der Waals surface area contributed by atoms with Crippen molar-refractivity contribution in [2.75, 3.05) is 6.54 Å². The summed E-state index contributed by atoms with van der Waals surface area (Å²) < 4.78 is 2.60. The molecule has 1 N–H and O–H groups in total. The molecule has 1 saturated carbocycles. The van der Waals surface area contributed by atoms with Crippen LogP contribution in [0.2, 0.25) is 0 Å². The lowest BCUT2D eigenvalue weighted by Gasteiger charge is -2.34. The molecule has 2 unspecified atom stereocenters. The summed E-state index contributed by atoms with van der Waals surface area (Å²) in [5.41, 5.74) is 1.94. The van der Waals surface area contributed by atoms with Crippen LogP contribution in [0.4, 0.5) is 0 Å². The Hall–Kier alpha value is -0.380. The Kier molecular flexibility index (Phi) is 4.45. The van der Waals surface area contributed by atoms with E-state index in [1.54, 1.807) is 0 Å². The fourth-order valence-corrected chi connectivity index (χ4v) is 5.60. The molecule has 0 aliphatic heterocycles. The molecule has 1 nitrogen and oxygen atoms in total. The van der Waals surface area contributed by atoms with Gasteiger partial charge >= 0.3 is 0 Å². The van der Waals surface area contributed by atoms with Crippen LogP contribution in [0, 0.1) is 11.3 Å². The van der Waals surface area contributed by atoms with Crippen molar-refractivity contribution in [1.82, 2.24) is 5.32 Å². The fourth-order valence-electron chi connectivity index (χ4n) is 3.94. The SMILES string of the molecule is CCNC(c1csc2c(Br)cccc12)C1CCCC1(C)C. The quantitative estimate of drug-likeness (QED) is 0.685. The third-order valence-electron chi connectivity index (χ3n) is 5.08. The van der Waals surface area contributed by atoms with Crippen LogP contribution < -0.4 is 5.32 Å². The summed E-state index contributed by atoms with van der Waals surface area (Å²) >= 11 is 5.56. The summed E-state index contributed by atoms with van der Waals surface area (Å²) in [4.78, 5) is 0. The molecular weight excluding hydrogens is 342 g/mol. The van der Waals surface area contributed by atoms with E-state index in [4.69, 9.17) is 0 Å². The van der Waals surface area contributed by atoms with Crippen molar-refractivity contribution in [1.29, 1.82) is 0 Å². The lowest BCUT2D eigenvalue weighted by atomic mass is 9.75. The molecule has 1 heterocycles. The second kappa shape index (κ2) is 6.02. The highest BCUT2D eigenvalue weighted by atomic mass is 79.9. The van der Waals surface area contributed by atoms with Gasteiger partial charge in [0.25, 0.3) is 0 Å². The van der Waals surface area contributed by atoms with Crippen LogP contribution in [-0.4, -0.2) is 6.54 Å². The van der Waals surface area contributed by atoms with E-state index in [0.29, 0.717) is 11.5 Å². The summed E-state index contributed by atoms with van der Waals surface area (Å²) in [6.07, 6.45) is 4.06. The van der Waals surface area contributed by atoms with Gasteiger partial charge in [0, 0.05) is 15.2 Å². The van der Waals surface area contributed by atoms with Crippen molar-refractivity contribution >= 4 is 37.4 Å². The van der Waals surface area contributed by atoms with E-state index in [9.17, 15) is 0 Å². The molecule has 3 heteroatoms. The van der Waals surface area contributed by atoms with Crippen molar-refractivity contribution in [2.45, 2.75) is 46.1 Å². The Bertz CT molecular complexity index is 631. The molecule has 1 aliphatic rings. The number of nitrogens with one attached hydrogen (secondary N) is 1. The van der Waals surface area contributed by atoms with Crippen molar-refractivity contribution in [3.05, 3.63) is 33.6 Å². The topological polar surface area (TPSA) is 12.0 Å². The van der Waals surface area contributed by atoms with Gasteiger partial charge in [0.05, 0.1) is 0 Å². The molecule has 2 atom stereocenters. The first kappa shape index (κ1) is 15.5. The Morgan fingerprint density at radius 2 is 2.24 bits per heavy atom. The number of benzene rings is 1. The van der Waals surface area contributed by atoms with Crippen molar-refractivity contribution in [3.63, 3.8) is 0 Å². The zero-order valence-corrected chi connectivity index (χ0v) is 15.5. The molecule has 3 rings (SSSR count). The van der Waals surface area contributed by atoms with Crippen molar-refractivity contribution in [2.24, 2.45) is 11.3 Å². The average molecular weight is 366 g/mol. The second-order valence-corrected chi connectivity index (χ2v) is 8.56. The number of halogens is 1. The molecule has 1 fully saturated rings. The standard InChI is InChI=1S/C18H24BrNS/c1-4-20-16(14-8-6-10-18(14,2)3)13-11-21-17-12(13)7-5-9-15(17)19/h5,7,9,11,14,16,20H,4,6,8,10H2,1-3H3. The minimum Gasteiger partial charge on any atom is -0.310 e. The van der Waals surface area contributed by atoms with Crippen LogP contribution in [0.25, 0.3) is 10.1 Å². The van der Waals surface area contributed by atoms with E-state index in [-0.39, 0.29) is 0 Å². The minimum absolute atomic E-state index is 0.438. The predicted molar refractivity (Wildman–Crippen MR) is 97.1 cm³/mol. The highest BCUT2D eigenvalue weighted by Gasteiger charge is 2.40. The van der Waals surface area contributed by atoms with Crippen LogP contribution in [0.1, 0.15) is 51.6 Å². The van der Waals surface area contributed by atoms with E-state index >= 15 is 0 Å². The molecule has 2 aromatic rings. The van der Waals surface area contributed by atoms with E-state index in [1.165, 1.54) is 39.4 Å². The van der Waals surface area contributed by atoms with Crippen LogP contribution in [0.3, 0.4) is 0 Å². The van der Waals surface area contributed by atoms with E-state index < -0.39 is 0 Å². The lowest BCUT2D eigenvalue weighted by Crippen LogP contribution is -2.33. The van der Waals surface area contributed by atoms with Gasteiger partial charge < -0.3 is 5.32 Å². The molecule has 0 bridgehead atoms. The smallest absolute Gasteiger partial charge is 0.0488 e. The summed E-state index contributed by atoms with van der Waals surface area (Å²) in [6, 6.07) is 7.06. The molecule has 21 heavy (non-hydrogen) atoms. The summed E-state index contributed by atoms with van der Waals surface area (Å²) in [5.74, 6) is 0.731. The number of fused-ring (bicyclic) bond motifs is 1. The largest absolute Gasteiger partial charge is 0.310 e. The summed E-state index contributed by atoms with van der Waals surface area (Å²) in [7, 11) is 0. The highest BCUT2D eigenvalue weighted by molar-refractivity contribution is 9.10. The molecule has 114 valence electrons. The number of rotatable bonds is 4. The third-order valence-corrected chi connectivity index (χ3v) is 7.05. The van der Waals surface area contributed by atoms with E-state index in [0.717, 1.165) is 12.5 Å². The molecule has 0 spiro atoms. The zero-order chi connectivity index (χ0) is 15.0. The first-order chi connectivity index (χ1) is 10.0. The molecule has 1 aliphatic carbocycles. The number of thiophene rings is 1. The fraction of sp³-hybridized carbons (Fsp3) is 0.556. The van der Waals surface area contributed by atoms with E-state index in [1.807, 2.05) is 11.3 Å².